The van der Waals surface area contributed by atoms with E-state index in [0.717, 1.165) is 97.0 Å². The van der Waals surface area contributed by atoms with E-state index in [2.05, 4.69) is 25.3 Å². The van der Waals surface area contributed by atoms with E-state index in [0.29, 0.717) is 75.5 Å². The number of hydrogen-bond donors (Lipinski definition) is 3. The third-order valence-electron chi connectivity index (χ3n) is 14.0. The zero-order chi connectivity index (χ0) is 44.6. The van der Waals surface area contributed by atoms with Gasteiger partial charge in [-0.1, -0.05) is 31.0 Å². The van der Waals surface area contributed by atoms with Crippen molar-refractivity contribution in [2.24, 2.45) is 7.05 Å². The van der Waals surface area contributed by atoms with Crippen molar-refractivity contribution in [3.05, 3.63) is 81.8 Å². The zero-order valence-electron chi connectivity index (χ0n) is 36.7. The second-order valence-corrected chi connectivity index (χ2v) is 18.0. The van der Waals surface area contributed by atoms with Crippen molar-refractivity contribution in [2.45, 2.75) is 121 Å². The number of urea groups is 1. The van der Waals surface area contributed by atoms with Crippen LogP contribution in [0.15, 0.2) is 42.7 Å². The molecule has 2 aromatic carbocycles. The number of amides is 5. The Labute approximate surface area is 371 Å². The molecule has 9 rings (SSSR count). The Bertz CT molecular complexity index is 2430. The fourth-order valence-electron chi connectivity index (χ4n) is 10.6. The third kappa shape index (κ3) is 8.46. The van der Waals surface area contributed by atoms with E-state index in [-0.39, 0.29) is 41.8 Å². The summed E-state index contributed by atoms with van der Waals surface area (Å²) in [7, 11) is 3.39. The second kappa shape index (κ2) is 18.3. The van der Waals surface area contributed by atoms with Gasteiger partial charge in [0.25, 0.3) is 12.3 Å². The molecule has 4 aromatic rings. The summed E-state index contributed by atoms with van der Waals surface area (Å²) in [6.45, 7) is 3.17. The average Bonchev–Trinajstić information content (AvgIpc) is 4.01. The van der Waals surface area contributed by atoms with E-state index in [1.54, 1.807) is 47.0 Å². The van der Waals surface area contributed by atoms with Crippen LogP contribution in [0.25, 0.3) is 11.1 Å². The monoisotopic (exact) mass is 880 g/mol. The van der Waals surface area contributed by atoms with Crippen LogP contribution in [0.1, 0.15) is 121 Å². The minimum Gasteiger partial charge on any atom is -0.372 e. The zero-order valence-corrected chi connectivity index (χ0v) is 36.7. The number of likely N-dealkylation sites (tertiary alicyclic amines) is 1. The van der Waals surface area contributed by atoms with Crippen LogP contribution in [-0.4, -0.2) is 109 Å². The molecule has 340 valence electrons. The number of benzene rings is 2. The number of anilines is 2. The van der Waals surface area contributed by atoms with Gasteiger partial charge < -0.3 is 35.3 Å². The highest BCUT2D eigenvalue weighted by Gasteiger charge is 2.40. The number of alkyl halides is 2. The van der Waals surface area contributed by atoms with Crippen LogP contribution >= 0.6 is 0 Å². The lowest BCUT2D eigenvalue weighted by Gasteiger charge is -2.35. The molecule has 5 aliphatic heterocycles. The molecule has 0 aliphatic carbocycles. The average molecular weight is 881 g/mol. The number of carbonyl (C=O) groups excluding carboxylic acids is 4. The van der Waals surface area contributed by atoms with Crippen molar-refractivity contribution >= 4 is 35.3 Å². The first-order chi connectivity index (χ1) is 31.0. The van der Waals surface area contributed by atoms with E-state index in [9.17, 15) is 33.1 Å². The highest BCUT2D eigenvalue weighted by Crippen LogP contribution is 2.44. The van der Waals surface area contributed by atoms with E-state index >= 15 is 0 Å². The van der Waals surface area contributed by atoms with E-state index in [1.165, 1.54) is 0 Å². The van der Waals surface area contributed by atoms with E-state index in [1.807, 2.05) is 29.2 Å². The molecule has 2 atom stereocenters. The largest absolute Gasteiger partial charge is 0.372 e. The first kappa shape index (κ1) is 43.4. The summed E-state index contributed by atoms with van der Waals surface area (Å²) >= 11 is 0. The maximum atomic E-state index is 14.7. The molecule has 2 unspecified atom stereocenters. The Morgan fingerprint density at radius 1 is 0.953 bits per heavy atom. The molecule has 64 heavy (non-hydrogen) atoms. The molecule has 2 aromatic heterocycles. The Morgan fingerprint density at radius 2 is 1.77 bits per heavy atom. The van der Waals surface area contributed by atoms with E-state index in [4.69, 9.17) is 5.10 Å². The topological polar surface area (TPSA) is 161 Å². The fourth-order valence-corrected chi connectivity index (χ4v) is 10.6. The van der Waals surface area contributed by atoms with Crippen LogP contribution in [0.3, 0.4) is 0 Å². The van der Waals surface area contributed by atoms with Gasteiger partial charge in [0, 0.05) is 106 Å². The Balaban J connectivity index is 0.817. The van der Waals surface area contributed by atoms with Gasteiger partial charge in [-0.3, -0.25) is 23.7 Å². The maximum absolute atomic E-state index is 14.7. The third-order valence-corrected chi connectivity index (χ3v) is 14.0. The van der Waals surface area contributed by atoms with Gasteiger partial charge >= 0.3 is 6.03 Å². The lowest BCUT2D eigenvalue weighted by Crippen LogP contribution is -2.55. The number of aromatic nitrogens is 4. The Hall–Kier alpha value is -5.84. The lowest BCUT2D eigenvalue weighted by atomic mass is 9.92. The highest BCUT2D eigenvalue weighted by atomic mass is 19.3. The van der Waals surface area contributed by atoms with Gasteiger partial charge in [-0.05, 0) is 85.8 Å². The van der Waals surface area contributed by atoms with Gasteiger partial charge in [-0.2, -0.15) is 10.2 Å². The molecule has 17 heteroatoms. The quantitative estimate of drug-likeness (QED) is 0.148. The van der Waals surface area contributed by atoms with Crippen LogP contribution < -0.4 is 15.5 Å². The molecule has 0 radical (unpaired) electrons. The van der Waals surface area contributed by atoms with Crippen LogP contribution in [0, 0.1) is 0 Å². The first-order valence-corrected chi connectivity index (χ1v) is 22.9. The normalized spacial score (nSPS) is 20.1. The van der Waals surface area contributed by atoms with Gasteiger partial charge in [0.05, 0.1) is 24.8 Å². The number of hydrogen-bond acceptors (Lipinski definition) is 8. The lowest BCUT2D eigenvalue weighted by molar-refractivity contribution is -0.132. The van der Waals surface area contributed by atoms with E-state index < -0.39 is 18.7 Å². The molecule has 0 spiro atoms. The number of carbonyl (C=O) groups is 4. The number of nitrogens with zero attached hydrogens (tertiary/aromatic N) is 8. The number of piperidine rings is 2. The summed E-state index contributed by atoms with van der Waals surface area (Å²) in [5.41, 5.74) is 7.47. The first-order valence-electron chi connectivity index (χ1n) is 22.9. The molecule has 2 fully saturated rings. The van der Waals surface area contributed by atoms with Crippen molar-refractivity contribution in [2.75, 3.05) is 38.1 Å². The smallest absolute Gasteiger partial charge is 0.317 e. The maximum Gasteiger partial charge on any atom is 0.317 e. The summed E-state index contributed by atoms with van der Waals surface area (Å²) in [5, 5.41) is 25.3. The number of rotatable bonds is 12. The van der Waals surface area contributed by atoms with Crippen LogP contribution in [0.2, 0.25) is 0 Å². The van der Waals surface area contributed by atoms with Crippen molar-refractivity contribution in [1.82, 2.24) is 44.9 Å². The van der Waals surface area contributed by atoms with Gasteiger partial charge in [0.1, 0.15) is 6.23 Å². The molecule has 0 bridgehead atoms. The second-order valence-electron chi connectivity index (χ2n) is 18.0. The summed E-state index contributed by atoms with van der Waals surface area (Å²) < 4.78 is 33.2. The van der Waals surface area contributed by atoms with Gasteiger partial charge in [0.2, 0.25) is 11.8 Å². The SMILES string of the molecule is CNC(=O)N1CCc2c(c(N3CCCc4cc(-c5cnn(C)c5)c(C(F)F)cc43)nn2C2CCN(C(=O)CCCCCCc3cccc4c3C(=O)N(C3CCC(=O)NC3O)C4)CC2)C1. The minimum atomic E-state index is -2.69. The number of aryl methyl sites for hydroxylation is 3. The van der Waals surface area contributed by atoms with Gasteiger partial charge in [0.15, 0.2) is 5.82 Å². The molecular weight excluding hydrogens is 823 g/mol. The number of unbranched alkanes of at least 4 members (excludes halogenated alkanes) is 3. The Morgan fingerprint density at radius 3 is 2.52 bits per heavy atom. The standard InChI is InChI=1S/C47H58F2N10O5/c1-50-47(64)56-22-18-37-36(28-56)44(57-19-8-12-30-23-34(32-25-51-54(2)26-32)35(43(48)49)24-39(30)57)53-59(37)33-16-20-55(21-17-33)41(61)13-6-4-3-5-9-29-10-7-11-31-27-58(46(63)42(29)31)38-14-15-40(60)52-45(38)62/h7,10-11,23-26,33,38,43,45,62H,3-6,8-9,12-22,27-28H2,1-2H3,(H,50,64)(H,52,60). The molecule has 7 heterocycles. The molecule has 3 N–H and O–H groups in total. The Kier molecular flexibility index (Phi) is 12.4. The minimum absolute atomic E-state index is 0.0484. The fraction of sp³-hybridized carbons (Fsp3) is 0.532. The molecule has 5 amide bonds. The molecule has 2 saturated heterocycles. The summed E-state index contributed by atoms with van der Waals surface area (Å²) in [6, 6.07) is 8.89. The number of aliphatic hydroxyl groups is 1. The summed E-state index contributed by atoms with van der Waals surface area (Å²) in [5.74, 6) is 0.570. The van der Waals surface area contributed by atoms with Crippen LogP contribution in [-0.2, 0) is 49.0 Å². The molecular formula is C47H58F2N10O5. The van der Waals surface area contributed by atoms with Crippen molar-refractivity contribution in [3.8, 4) is 11.1 Å². The van der Waals surface area contributed by atoms with Crippen LogP contribution in [0.4, 0.5) is 25.1 Å². The number of halogens is 2. The molecule has 5 aliphatic rings. The summed E-state index contributed by atoms with van der Waals surface area (Å²) in [6.07, 6.45) is 8.76. The molecule has 0 saturated carbocycles. The number of fused-ring (bicyclic) bond motifs is 3. The predicted molar refractivity (Wildman–Crippen MR) is 235 cm³/mol. The van der Waals surface area contributed by atoms with Gasteiger partial charge in [-0.15, -0.1) is 0 Å². The highest BCUT2D eigenvalue weighted by molar-refractivity contribution is 6.00. The molecule has 15 nitrogen and oxygen atoms in total. The van der Waals surface area contributed by atoms with Crippen molar-refractivity contribution in [1.29, 1.82) is 0 Å². The van der Waals surface area contributed by atoms with Gasteiger partial charge in [-0.25, -0.2) is 13.6 Å². The van der Waals surface area contributed by atoms with Crippen molar-refractivity contribution < 1.29 is 33.1 Å². The van der Waals surface area contributed by atoms with Crippen molar-refractivity contribution in [3.63, 3.8) is 0 Å². The van der Waals surface area contributed by atoms with Crippen LogP contribution in [0.5, 0.6) is 0 Å². The number of nitrogens with one attached hydrogen (secondary N) is 2. The predicted octanol–water partition coefficient (Wildman–Crippen LogP) is 5.91. The number of aliphatic hydroxyl groups excluding tert-OH is 1. The summed E-state index contributed by atoms with van der Waals surface area (Å²) in [4.78, 5) is 59.1.